The maximum Gasteiger partial charge on any atom is 0.255 e. The molecule has 0 aliphatic carbocycles. The van der Waals surface area contributed by atoms with Gasteiger partial charge in [0, 0.05) is 17.5 Å². The van der Waals surface area contributed by atoms with E-state index in [-0.39, 0.29) is 5.91 Å². The zero-order valence-corrected chi connectivity index (χ0v) is 16.9. The van der Waals surface area contributed by atoms with Gasteiger partial charge in [-0.2, -0.15) is 0 Å². The van der Waals surface area contributed by atoms with Crippen molar-refractivity contribution in [1.82, 2.24) is 5.32 Å². The first kappa shape index (κ1) is 20.3. The van der Waals surface area contributed by atoms with Gasteiger partial charge in [0.1, 0.15) is 0 Å². The van der Waals surface area contributed by atoms with E-state index < -0.39 is 0 Å². The van der Waals surface area contributed by atoms with Crippen molar-refractivity contribution in [2.75, 3.05) is 5.73 Å². The fraction of sp³-hybridized carbons (Fsp3) is 0.150. The van der Waals surface area contributed by atoms with Gasteiger partial charge in [0.05, 0.1) is 20.6 Å². The molecule has 0 aliphatic rings. The quantitative estimate of drug-likeness (QED) is 0.536. The van der Waals surface area contributed by atoms with Crippen LogP contribution in [0.5, 0.6) is 0 Å². The Hall–Kier alpha value is -2.01. The lowest BCUT2D eigenvalue weighted by atomic mass is 10.0. The van der Waals surface area contributed by atoms with E-state index in [1.54, 1.807) is 12.1 Å². The number of nitrogens with one attached hydrogen (secondary N) is 1. The van der Waals surface area contributed by atoms with Gasteiger partial charge < -0.3 is 11.1 Å². The van der Waals surface area contributed by atoms with Crippen LogP contribution in [0.3, 0.4) is 0 Å². The molecule has 0 atom stereocenters. The minimum Gasteiger partial charge on any atom is -0.390 e. The maximum atomic E-state index is 12.6. The molecule has 0 fully saturated rings. The number of carbonyl (C=O) groups excluding carboxylic acids is 1. The molecule has 26 heavy (non-hydrogen) atoms. The van der Waals surface area contributed by atoms with Gasteiger partial charge in [-0.15, -0.1) is 11.3 Å². The summed E-state index contributed by atoms with van der Waals surface area (Å²) in [5.41, 5.74) is 9.07. The molecule has 0 aliphatic heterocycles. The van der Waals surface area contributed by atoms with Crippen molar-refractivity contribution in [1.29, 1.82) is 0 Å². The number of carbonyl (C=O) groups is 1. The van der Waals surface area contributed by atoms with Crippen LogP contribution in [0.2, 0.25) is 10.0 Å². The van der Waals surface area contributed by atoms with Crippen molar-refractivity contribution in [2.45, 2.75) is 20.4 Å². The highest BCUT2D eigenvalue weighted by Crippen LogP contribution is 2.36. The Bertz CT molecular complexity index is 879. The average Bonchev–Trinajstić information content (AvgIpc) is 3.06. The second-order valence-electron chi connectivity index (χ2n) is 5.19. The van der Waals surface area contributed by atoms with Crippen molar-refractivity contribution in [3.8, 4) is 11.1 Å². The largest absolute Gasteiger partial charge is 0.390 e. The Morgan fingerprint density at radius 3 is 2.42 bits per heavy atom. The van der Waals surface area contributed by atoms with Gasteiger partial charge >= 0.3 is 0 Å². The third-order valence-corrected chi connectivity index (χ3v) is 5.12. The number of anilines is 1. The molecule has 3 aromatic rings. The van der Waals surface area contributed by atoms with E-state index in [1.165, 1.54) is 11.3 Å². The second kappa shape index (κ2) is 9.62. The van der Waals surface area contributed by atoms with Crippen LogP contribution in [0.25, 0.3) is 11.1 Å². The molecule has 136 valence electrons. The maximum absolute atomic E-state index is 12.6. The molecule has 3 rings (SSSR count). The molecule has 0 bridgehead atoms. The number of rotatable bonds is 4. The van der Waals surface area contributed by atoms with Crippen LogP contribution in [-0.2, 0) is 6.54 Å². The Balaban J connectivity index is 0.00000117. The molecular weight excluding hydrogens is 387 g/mol. The molecule has 1 amide bonds. The highest BCUT2D eigenvalue weighted by Gasteiger charge is 2.19. The Morgan fingerprint density at radius 1 is 1.08 bits per heavy atom. The first-order chi connectivity index (χ1) is 12.6. The molecule has 0 spiro atoms. The SMILES string of the molecule is CC.Nc1scc(-c2ccc(Cl)c(Cl)c2)c1C(=O)NCc1ccccc1. The van der Waals surface area contributed by atoms with Gasteiger partial charge in [-0.1, -0.05) is 73.4 Å². The summed E-state index contributed by atoms with van der Waals surface area (Å²) in [6.07, 6.45) is 0. The highest BCUT2D eigenvalue weighted by molar-refractivity contribution is 7.15. The van der Waals surface area contributed by atoms with Crippen molar-refractivity contribution >= 4 is 45.4 Å². The molecule has 1 heterocycles. The van der Waals surface area contributed by atoms with Gasteiger partial charge in [-0.3, -0.25) is 4.79 Å². The summed E-state index contributed by atoms with van der Waals surface area (Å²) in [5, 5.41) is 6.14. The number of halogens is 2. The topological polar surface area (TPSA) is 55.1 Å². The molecule has 0 saturated heterocycles. The van der Waals surface area contributed by atoms with E-state index >= 15 is 0 Å². The lowest BCUT2D eigenvalue weighted by Gasteiger charge is -2.09. The molecule has 1 aromatic heterocycles. The van der Waals surface area contributed by atoms with Gasteiger partial charge in [-0.25, -0.2) is 0 Å². The zero-order valence-electron chi connectivity index (χ0n) is 14.6. The van der Waals surface area contributed by atoms with E-state index in [2.05, 4.69) is 5.32 Å². The standard InChI is InChI=1S/C18H14Cl2N2OS.C2H6/c19-14-7-6-12(8-15(14)20)13-10-24-17(21)16(13)18(23)22-9-11-4-2-1-3-5-11;1-2/h1-8,10H,9,21H2,(H,22,23);1-2H3. The van der Waals surface area contributed by atoms with E-state index in [0.717, 1.165) is 16.7 Å². The third kappa shape index (κ3) is 4.79. The summed E-state index contributed by atoms with van der Waals surface area (Å²) in [7, 11) is 0. The molecule has 6 heteroatoms. The zero-order chi connectivity index (χ0) is 19.1. The molecule has 0 unspecified atom stereocenters. The predicted octanol–water partition coefficient (Wildman–Crippen LogP) is 6.26. The summed E-state index contributed by atoms with van der Waals surface area (Å²) in [5.74, 6) is -0.210. The predicted molar refractivity (Wildman–Crippen MR) is 113 cm³/mol. The number of hydrogen-bond acceptors (Lipinski definition) is 3. The lowest BCUT2D eigenvalue weighted by Crippen LogP contribution is -2.23. The summed E-state index contributed by atoms with van der Waals surface area (Å²) in [6.45, 7) is 4.44. The third-order valence-electron chi connectivity index (χ3n) is 3.57. The summed E-state index contributed by atoms with van der Waals surface area (Å²) >= 11 is 13.4. The van der Waals surface area contributed by atoms with Crippen LogP contribution in [0, 0.1) is 0 Å². The van der Waals surface area contributed by atoms with Crippen LogP contribution in [0.1, 0.15) is 29.8 Å². The summed E-state index contributed by atoms with van der Waals surface area (Å²) in [6, 6.07) is 15.0. The first-order valence-corrected chi connectivity index (χ1v) is 9.84. The monoisotopic (exact) mass is 406 g/mol. The van der Waals surface area contributed by atoms with E-state index in [1.807, 2.05) is 55.6 Å². The summed E-state index contributed by atoms with van der Waals surface area (Å²) in [4.78, 5) is 12.6. The van der Waals surface area contributed by atoms with Crippen LogP contribution < -0.4 is 11.1 Å². The average molecular weight is 407 g/mol. The van der Waals surface area contributed by atoms with E-state index in [4.69, 9.17) is 28.9 Å². The molecular formula is C20H20Cl2N2OS. The number of nitrogens with two attached hydrogens (primary N) is 1. The number of nitrogen functional groups attached to an aromatic ring is 1. The van der Waals surface area contributed by atoms with Crippen molar-refractivity contribution in [3.05, 3.63) is 75.1 Å². The fourth-order valence-electron chi connectivity index (χ4n) is 2.35. The van der Waals surface area contributed by atoms with Crippen LogP contribution in [0.15, 0.2) is 53.9 Å². The van der Waals surface area contributed by atoms with Crippen LogP contribution >= 0.6 is 34.5 Å². The normalized spacial score (nSPS) is 10.0. The highest BCUT2D eigenvalue weighted by atomic mass is 35.5. The number of hydrogen-bond donors (Lipinski definition) is 2. The molecule has 3 nitrogen and oxygen atoms in total. The Labute approximate surface area is 167 Å². The smallest absolute Gasteiger partial charge is 0.255 e. The van der Waals surface area contributed by atoms with Gasteiger partial charge in [0.25, 0.3) is 5.91 Å². The molecule has 3 N–H and O–H groups in total. The minimum absolute atomic E-state index is 0.210. The number of thiophene rings is 1. The van der Waals surface area contributed by atoms with E-state index in [9.17, 15) is 4.79 Å². The van der Waals surface area contributed by atoms with Crippen molar-refractivity contribution in [2.24, 2.45) is 0 Å². The summed E-state index contributed by atoms with van der Waals surface area (Å²) < 4.78 is 0. The minimum atomic E-state index is -0.210. The molecule has 0 radical (unpaired) electrons. The Kier molecular flexibility index (Phi) is 7.51. The van der Waals surface area contributed by atoms with Gasteiger partial charge in [0.2, 0.25) is 0 Å². The van der Waals surface area contributed by atoms with Gasteiger partial charge in [-0.05, 0) is 23.3 Å². The lowest BCUT2D eigenvalue weighted by molar-refractivity contribution is 0.0953. The fourth-order valence-corrected chi connectivity index (χ4v) is 3.47. The second-order valence-corrected chi connectivity index (χ2v) is 6.91. The molecule has 0 saturated carbocycles. The van der Waals surface area contributed by atoms with E-state index in [0.29, 0.717) is 27.2 Å². The molecule has 2 aromatic carbocycles. The van der Waals surface area contributed by atoms with Crippen molar-refractivity contribution in [3.63, 3.8) is 0 Å². The van der Waals surface area contributed by atoms with Crippen molar-refractivity contribution < 1.29 is 4.79 Å². The number of amides is 1. The first-order valence-electron chi connectivity index (χ1n) is 8.21. The number of benzene rings is 2. The van der Waals surface area contributed by atoms with Gasteiger partial charge in [0.15, 0.2) is 0 Å². The Morgan fingerprint density at radius 2 is 1.77 bits per heavy atom. The van der Waals surface area contributed by atoms with Crippen LogP contribution in [0.4, 0.5) is 5.00 Å². The van der Waals surface area contributed by atoms with Crippen LogP contribution in [-0.4, -0.2) is 5.91 Å².